The van der Waals surface area contributed by atoms with Gasteiger partial charge in [0.25, 0.3) is 5.91 Å². The quantitative estimate of drug-likeness (QED) is 0.640. The first kappa shape index (κ1) is 19.5. The molecule has 152 valence electrons. The number of likely N-dealkylation sites (N-methyl/N-ethyl adjacent to an activating group) is 1. The lowest BCUT2D eigenvalue weighted by Gasteiger charge is -2.32. The number of amides is 1. The molecule has 1 N–H and O–H groups in total. The van der Waals surface area contributed by atoms with Crippen LogP contribution in [0.1, 0.15) is 22.6 Å². The van der Waals surface area contributed by atoms with Crippen LogP contribution in [0.5, 0.6) is 0 Å². The lowest BCUT2D eigenvalue weighted by atomic mass is 10.2. The van der Waals surface area contributed by atoms with Crippen molar-refractivity contribution in [1.29, 1.82) is 0 Å². The minimum absolute atomic E-state index is 0.175. The number of hydrogen-bond donors (Lipinski definition) is 1. The molecule has 0 saturated carbocycles. The fourth-order valence-electron chi connectivity index (χ4n) is 3.70. The Morgan fingerprint density at radius 1 is 1.14 bits per heavy atom. The molecular weight excluding hydrogens is 366 g/mol. The number of pyridine rings is 1. The summed E-state index contributed by atoms with van der Waals surface area (Å²) in [6, 6.07) is 9.75. The van der Waals surface area contributed by atoms with Gasteiger partial charge in [-0.3, -0.25) is 9.78 Å². The van der Waals surface area contributed by atoms with Crippen LogP contribution >= 0.6 is 0 Å². The molecule has 1 saturated heterocycles. The lowest BCUT2D eigenvalue weighted by Crippen LogP contribution is -2.45. The molecule has 29 heavy (non-hydrogen) atoms. The van der Waals surface area contributed by atoms with Crippen LogP contribution in [-0.2, 0) is 0 Å². The Bertz CT molecular complexity index is 986. The fourth-order valence-corrected chi connectivity index (χ4v) is 3.70. The van der Waals surface area contributed by atoms with Crippen molar-refractivity contribution in [2.24, 2.45) is 0 Å². The molecule has 1 aliphatic heterocycles. The largest absolute Gasteiger partial charge is 0.351 e. The van der Waals surface area contributed by atoms with E-state index >= 15 is 0 Å². The lowest BCUT2D eigenvalue weighted by molar-refractivity contribution is 0.0943. The van der Waals surface area contributed by atoms with Crippen molar-refractivity contribution in [2.75, 3.05) is 46.3 Å². The number of rotatable bonds is 6. The van der Waals surface area contributed by atoms with Crippen molar-refractivity contribution >= 4 is 16.8 Å². The molecule has 0 spiro atoms. The zero-order valence-electron chi connectivity index (χ0n) is 17.0. The Hall–Kier alpha value is -2.84. The van der Waals surface area contributed by atoms with Crippen LogP contribution in [0.15, 0.2) is 36.5 Å². The van der Waals surface area contributed by atoms with Crippen molar-refractivity contribution in [3.05, 3.63) is 47.9 Å². The monoisotopic (exact) mass is 393 g/mol. The number of nitrogens with one attached hydrogen (secondary N) is 1. The van der Waals surface area contributed by atoms with Crippen molar-refractivity contribution < 1.29 is 4.79 Å². The predicted octanol–water partition coefficient (Wildman–Crippen LogP) is 1.49. The summed E-state index contributed by atoms with van der Waals surface area (Å²) < 4.78 is 1.71. The molecule has 1 amide bonds. The SMILES string of the molecule is Cc1c(C(=O)NCCCN2CCN(C)CC2)nnn1-c1cccc2ncccc12. The van der Waals surface area contributed by atoms with Gasteiger partial charge in [0.2, 0.25) is 0 Å². The summed E-state index contributed by atoms with van der Waals surface area (Å²) in [5.41, 5.74) is 2.84. The van der Waals surface area contributed by atoms with Crippen LogP contribution in [-0.4, -0.2) is 82.0 Å². The average Bonchev–Trinajstić information content (AvgIpc) is 3.13. The molecule has 8 nitrogen and oxygen atoms in total. The molecule has 3 aromatic rings. The second kappa shape index (κ2) is 8.67. The van der Waals surface area contributed by atoms with Crippen molar-refractivity contribution in [1.82, 2.24) is 35.1 Å². The summed E-state index contributed by atoms with van der Waals surface area (Å²) in [6.07, 6.45) is 2.69. The first-order valence-corrected chi connectivity index (χ1v) is 10.1. The average molecular weight is 393 g/mol. The number of carbonyl (C=O) groups excluding carboxylic acids is 1. The third kappa shape index (κ3) is 4.28. The van der Waals surface area contributed by atoms with Crippen LogP contribution in [0.2, 0.25) is 0 Å². The maximum Gasteiger partial charge on any atom is 0.273 e. The number of nitrogens with zero attached hydrogens (tertiary/aromatic N) is 6. The third-order valence-corrected chi connectivity index (χ3v) is 5.49. The van der Waals surface area contributed by atoms with Crippen LogP contribution < -0.4 is 5.32 Å². The van der Waals surface area contributed by atoms with Crippen LogP contribution in [0.4, 0.5) is 0 Å². The zero-order valence-corrected chi connectivity index (χ0v) is 17.0. The molecule has 2 aromatic heterocycles. The normalized spacial score (nSPS) is 15.7. The summed E-state index contributed by atoms with van der Waals surface area (Å²) in [5, 5.41) is 12.3. The molecule has 8 heteroatoms. The van der Waals surface area contributed by atoms with E-state index in [-0.39, 0.29) is 5.91 Å². The predicted molar refractivity (Wildman–Crippen MR) is 112 cm³/mol. The highest BCUT2D eigenvalue weighted by atomic mass is 16.2. The summed E-state index contributed by atoms with van der Waals surface area (Å²) in [5.74, 6) is -0.175. The Balaban J connectivity index is 1.38. The third-order valence-electron chi connectivity index (χ3n) is 5.49. The topological polar surface area (TPSA) is 79.2 Å². The number of piperazine rings is 1. The van der Waals surface area contributed by atoms with Gasteiger partial charge in [0, 0.05) is 44.3 Å². The molecule has 0 aliphatic carbocycles. The van der Waals surface area contributed by atoms with Gasteiger partial charge in [0.05, 0.1) is 16.9 Å². The minimum Gasteiger partial charge on any atom is -0.351 e. The Morgan fingerprint density at radius 3 is 2.79 bits per heavy atom. The summed E-state index contributed by atoms with van der Waals surface area (Å²) in [7, 11) is 2.15. The molecule has 1 aliphatic rings. The van der Waals surface area contributed by atoms with E-state index in [9.17, 15) is 4.79 Å². The van der Waals surface area contributed by atoms with E-state index in [0.717, 1.165) is 61.4 Å². The van der Waals surface area contributed by atoms with Crippen LogP contribution in [0.25, 0.3) is 16.6 Å². The Kier molecular flexibility index (Phi) is 5.82. The van der Waals surface area contributed by atoms with Crippen molar-refractivity contribution in [3.8, 4) is 5.69 Å². The zero-order chi connectivity index (χ0) is 20.2. The van der Waals surface area contributed by atoms with Gasteiger partial charge in [-0.05, 0) is 51.2 Å². The highest BCUT2D eigenvalue weighted by molar-refractivity contribution is 5.93. The van der Waals surface area contributed by atoms with Gasteiger partial charge < -0.3 is 15.1 Å². The second-order valence-electron chi connectivity index (χ2n) is 7.54. The van der Waals surface area contributed by atoms with E-state index in [1.54, 1.807) is 10.9 Å². The van der Waals surface area contributed by atoms with Crippen LogP contribution in [0.3, 0.4) is 0 Å². The highest BCUT2D eigenvalue weighted by Crippen LogP contribution is 2.21. The van der Waals surface area contributed by atoms with E-state index in [0.29, 0.717) is 12.2 Å². The maximum atomic E-state index is 12.6. The number of benzene rings is 1. The number of fused-ring (bicyclic) bond motifs is 1. The molecule has 3 heterocycles. The van der Waals surface area contributed by atoms with E-state index in [1.165, 1.54) is 0 Å². The van der Waals surface area contributed by atoms with Gasteiger partial charge in [0.1, 0.15) is 0 Å². The van der Waals surface area contributed by atoms with Gasteiger partial charge in [-0.25, -0.2) is 4.68 Å². The summed E-state index contributed by atoms with van der Waals surface area (Å²) >= 11 is 0. The first-order chi connectivity index (χ1) is 14.1. The number of aromatic nitrogens is 4. The summed E-state index contributed by atoms with van der Waals surface area (Å²) in [4.78, 5) is 21.8. The molecular formula is C21H27N7O. The van der Waals surface area contributed by atoms with E-state index < -0.39 is 0 Å². The van der Waals surface area contributed by atoms with Gasteiger partial charge in [-0.2, -0.15) is 0 Å². The van der Waals surface area contributed by atoms with E-state index in [4.69, 9.17) is 0 Å². The summed E-state index contributed by atoms with van der Waals surface area (Å²) in [6.45, 7) is 7.92. The minimum atomic E-state index is -0.175. The standard InChI is InChI=1S/C21H27N7O/c1-16-20(21(29)23-10-5-11-27-14-12-26(2)13-15-27)24-25-28(16)19-8-3-7-18-17(19)6-4-9-22-18/h3-4,6-9H,5,10-15H2,1-2H3,(H,23,29). The number of hydrogen-bond acceptors (Lipinski definition) is 6. The van der Waals surface area contributed by atoms with Crippen molar-refractivity contribution in [2.45, 2.75) is 13.3 Å². The molecule has 0 unspecified atom stereocenters. The highest BCUT2D eigenvalue weighted by Gasteiger charge is 2.18. The van der Waals surface area contributed by atoms with Crippen LogP contribution in [0, 0.1) is 6.92 Å². The first-order valence-electron chi connectivity index (χ1n) is 10.1. The fraction of sp³-hybridized carbons (Fsp3) is 0.429. The van der Waals surface area contributed by atoms with Gasteiger partial charge >= 0.3 is 0 Å². The molecule has 0 atom stereocenters. The van der Waals surface area contributed by atoms with Crippen molar-refractivity contribution in [3.63, 3.8) is 0 Å². The second-order valence-corrected chi connectivity index (χ2v) is 7.54. The van der Waals surface area contributed by atoms with E-state index in [2.05, 4.69) is 37.5 Å². The smallest absolute Gasteiger partial charge is 0.273 e. The van der Waals surface area contributed by atoms with Gasteiger partial charge in [-0.15, -0.1) is 5.10 Å². The molecule has 0 radical (unpaired) electrons. The van der Waals surface area contributed by atoms with Gasteiger partial charge in [-0.1, -0.05) is 11.3 Å². The maximum absolute atomic E-state index is 12.6. The molecule has 4 rings (SSSR count). The molecule has 1 fully saturated rings. The van der Waals surface area contributed by atoms with E-state index in [1.807, 2.05) is 37.3 Å². The Morgan fingerprint density at radius 2 is 1.97 bits per heavy atom. The molecule has 0 bridgehead atoms. The number of carbonyl (C=O) groups is 1. The van der Waals surface area contributed by atoms with Gasteiger partial charge in [0.15, 0.2) is 5.69 Å². The molecule has 1 aromatic carbocycles. The Labute approximate surface area is 170 Å².